The summed E-state index contributed by atoms with van der Waals surface area (Å²) in [5.41, 5.74) is 3.47. The van der Waals surface area contributed by atoms with Crippen LogP contribution in [0.5, 0.6) is 0 Å². The molecule has 6 heteroatoms. The van der Waals surface area contributed by atoms with Crippen molar-refractivity contribution in [1.29, 1.82) is 0 Å². The third-order valence-electron chi connectivity index (χ3n) is 4.28. The summed E-state index contributed by atoms with van der Waals surface area (Å²) in [6.45, 7) is 8.04. The number of rotatable bonds is 4. The van der Waals surface area contributed by atoms with Gasteiger partial charge in [-0.15, -0.1) is 0 Å². The Labute approximate surface area is 125 Å². The first-order chi connectivity index (χ1) is 9.64. The van der Waals surface area contributed by atoms with Crippen LogP contribution in [0.1, 0.15) is 28.7 Å². The van der Waals surface area contributed by atoms with Crippen LogP contribution in [-0.2, 0) is 14.8 Å². The first kappa shape index (κ1) is 16.0. The molecular formula is C15H21NO4S. The molecule has 1 aromatic carbocycles. The zero-order valence-corrected chi connectivity index (χ0v) is 13.6. The van der Waals surface area contributed by atoms with E-state index in [1.165, 1.54) is 4.31 Å². The monoisotopic (exact) mass is 311 g/mol. The molecule has 0 aliphatic carbocycles. The van der Waals surface area contributed by atoms with Gasteiger partial charge in [-0.3, -0.25) is 4.79 Å². The zero-order valence-electron chi connectivity index (χ0n) is 12.8. The Hall–Kier alpha value is -1.40. The Kier molecular flexibility index (Phi) is 4.13. The van der Waals surface area contributed by atoms with Gasteiger partial charge in [0.25, 0.3) is 0 Å². The lowest BCUT2D eigenvalue weighted by Gasteiger charge is -2.38. The summed E-state index contributed by atoms with van der Waals surface area (Å²) in [7, 11) is -3.54. The number of carboxylic acid groups (broad SMARTS) is 1. The van der Waals surface area contributed by atoms with E-state index in [9.17, 15) is 13.2 Å². The fraction of sp³-hybridized carbons (Fsp3) is 0.533. The minimum absolute atomic E-state index is 0.0246. The summed E-state index contributed by atoms with van der Waals surface area (Å²) in [6, 6.07) is 1.99. The van der Waals surface area contributed by atoms with Gasteiger partial charge < -0.3 is 5.11 Å². The fourth-order valence-electron chi connectivity index (χ4n) is 2.79. The molecule has 1 fully saturated rings. The number of aliphatic carboxylic acids is 1. The summed E-state index contributed by atoms with van der Waals surface area (Å²) in [6.07, 6.45) is 0.0246. The number of sulfonamides is 1. The molecule has 1 aliphatic heterocycles. The lowest BCUT2D eigenvalue weighted by atomic mass is 10.00. The van der Waals surface area contributed by atoms with Crippen LogP contribution >= 0.6 is 0 Å². The Morgan fingerprint density at radius 2 is 1.67 bits per heavy atom. The molecular weight excluding hydrogens is 290 g/mol. The zero-order chi connectivity index (χ0) is 15.9. The molecule has 21 heavy (non-hydrogen) atoms. The highest BCUT2D eigenvalue weighted by Gasteiger charge is 2.39. The van der Waals surface area contributed by atoms with Gasteiger partial charge in [-0.05, 0) is 55.9 Å². The standard InChI is InChI=1S/C15H21NO4S/c1-9-5-10(2)12(4)15(11(9)3)21(19,20)16-7-13(8-16)6-14(17)18/h5,13H,6-8H2,1-4H3,(H,17,18). The van der Waals surface area contributed by atoms with Crippen molar-refractivity contribution >= 4 is 16.0 Å². The molecule has 1 aliphatic rings. The molecule has 0 aromatic heterocycles. The molecule has 0 spiro atoms. The number of aryl methyl sites for hydroxylation is 2. The summed E-state index contributed by atoms with van der Waals surface area (Å²) < 4.78 is 26.9. The van der Waals surface area contributed by atoms with Crippen LogP contribution in [0.15, 0.2) is 11.0 Å². The number of carbonyl (C=O) groups is 1. The summed E-state index contributed by atoms with van der Waals surface area (Å²) in [5, 5.41) is 8.75. The summed E-state index contributed by atoms with van der Waals surface area (Å²) >= 11 is 0. The first-order valence-corrected chi connectivity index (χ1v) is 8.38. The van der Waals surface area contributed by atoms with E-state index in [-0.39, 0.29) is 12.3 Å². The van der Waals surface area contributed by atoms with Gasteiger partial charge >= 0.3 is 5.97 Å². The third kappa shape index (κ3) is 2.82. The lowest BCUT2D eigenvalue weighted by Crippen LogP contribution is -2.50. The smallest absolute Gasteiger partial charge is 0.303 e. The number of hydrogen-bond acceptors (Lipinski definition) is 3. The van der Waals surface area contributed by atoms with E-state index in [0.29, 0.717) is 18.0 Å². The van der Waals surface area contributed by atoms with Gasteiger partial charge in [-0.25, -0.2) is 8.42 Å². The highest BCUT2D eigenvalue weighted by Crippen LogP contribution is 2.32. The Balaban J connectivity index is 2.33. The molecule has 1 N–H and O–H groups in total. The average Bonchev–Trinajstić information content (AvgIpc) is 2.30. The van der Waals surface area contributed by atoms with E-state index in [1.807, 2.05) is 33.8 Å². The predicted octanol–water partition coefficient (Wildman–Crippen LogP) is 2.02. The molecule has 1 heterocycles. The third-order valence-corrected chi connectivity index (χ3v) is 6.39. The average molecular weight is 311 g/mol. The van der Waals surface area contributed by atoms with Gasteiger partial charge in [0.2, 0.25) is 10.0 Å². The maximum absolute atomic E-state index is 12.8. The van der Waals surface area contributed by atoms with Gasteiger partial charge in [0.15, 0.2) is 0 Å². The van der Waals surface area contributed by atoms with Crippen molar-refractivity contribution < 1.29 is 18.3 Å². The molecule has 1 aromatic rings. The first-order valence-electron chi connectivity index (χ1n) is 6.94. The molecule has 0 radical (unpaired) electrons. The quantitative estimate of drug-likeness (QED) is 0.923. The molecule has 5 nitrogen and oxygen atoms in total. The normalized spacial score (nSPS) is 16.8. The summed E-state index contributed by atoms with van der Waals surface area (Å²) in [4.78, 5) is 11.0. The Bertz CT molecular complexity index is 662. The topological polar surface area (TPSA) is 74.7 Å². The molecule has 0 amide bonds. The van der Waals surface area contributed by atoms with E-state index in [4.69, 9.17) is 5.11 Å². The SMILES string of the molecule is Cc1cc(C)c(C)c(S(=O)(=O)N2CC(CC(=O)O)C2)c1C. The fourth-order valence-corrected chi connectivity index (χ4v) is 4.96. The van der Waals surface area contributed by atoms with Crippen molar-refractivity contribution in [3.8, 4) is 0 Å². The molecule has 2 rings (SSSR count). The van der Waals surface area contributed by atoms with E-state index >= 15 is 0 Å². The van der Waals surface area contributed by atoms with Crippen molar-refractivity contribution in [2.24, 2.45) is 5.92 Å². The Morgan fingerprint density at radius 1 is 1.19 bits per heavy atom. The second-order valence-electron chi connectivity index (χ2n) is 5.88. The minimum Gasteiger partial charge on any atom is -0.481 e. The molecule has 0 bridgehead atoms. The van der Waals surface area contributed by atoms with Gasteiger partial charge in [0, 0.05) is 13.1 Å². The largest absolute Gasteiger partial charge is 0.481 e. The van der Waals surface area contributed by atoms with E-state index < -0.39 is 16.0 Å². The molecule has 116 valence electrons. The van der Waals surface area contributed by atoms with Crippen molar-refractivity contribution in [3.63, 3.8) is 0 Å². The predicted molar refractivity (Wildman–Crippen MR) is 79.9 cm³/mol. The van der Waals surface area contributed by atoms with E-state index in [2.05, 4.69) is 0 Å². The van der Waals surface area contributed by atoms with Crippen molar-refractivity contribution in [1.82, 2.24) is 4.31 Å². The second-order valence-corrected chi connectivity index (χ2v) is 7.75. The van der Waals surface area contributed by atoms with Crippen molar-refractivity contribution in [2.45, 2.75) is 39.0 Å². The summed E-state index contributed by atoms with van der Waals surface area (Å²) in [5.74, 6) is -0.959. The highest BCUT2D eigenvalue weighted by molar-refractivity contribution is 7.89. The van der Waals surface area contributed by atoms with Crippen LogP contribution in [0.25, 0.3) is 0 Å². The van der Waals surface area contributed by atoms with Crippen molar-refractivity contribution in [3.05, 3.63) is 28.3 Å². The van der Waals surface area contributed by atoms with Crippen LogP contribution in [0.3, 0.4) is 0 Å². The maximum Gasteiger partial charge on any atom is 0.303 e. The molecule has 1 saturated heterocycles. The second kappa shape index (κ2) is 5.42. The van der Waals surface area contributed by atoms with E-state index in [1.54, 1.807) is 0 Å². The van der Waals surface area contributed by atoms with Crippen LogP contribution in [0.2, 0.25) is 0 Å². The van der Waals surface area contributed by atoms with E-state index in [0.717, 1.165) is 22.3 Å². The van der Waals surface area contributed by atoms with Crippen LogP contribution in [0.4, 0.5) is 0 Å². The van der Waals surface area contributed by atoms with Gasteiger partial charge in [-0.1, -0.05) is 6.07 Å². The van der Waals surface area contributed by atoms with Crippen LogP contribution in [-0.4, -0.2) is 36.9 Å². The Morgan fingerprint density at radius 3 is 2.10 bits per heavy atom. The number of carboxylic acids is 1. The molecule has 0 atom stereocenters. The maximum atomic E-state index is 12.8. The van der Waals surface area contributed by atoms with Crippen LogP contribution < -0.4 is 0 Å². The number of benzene rings is 1. The van der Waals surface area contributed by atoms with Gasteiger partial charge in [-0.2, -0.15) is 4.31 Å². The lowest BCUT2D eigenvalue weighted by molar-refractivity contribution is -0.139. The number of nitrogens with zero attached hydrogens (tertiary/aromatic N) is 1. The number of hydrogen-bond donors (Lipinski definition) is 1. The minimum atomic E-state index is -3.54. The van der Waals surface area contributed by atoms with Crippen LogP contribution in [0, 0.1) is 33.6 Å². The van der Waals surface area contributed by atoms with Gasteiger partial charge in [0.1, 0.15) is 0 Å². The molecule has 0 saturated carbocycles. The van der Waals surface area contributed by atoms with Crippen molar-refractivity contribution in [2.75, 3.05) is 13.1 Å². The van der Waals surface area contributed by atoms with Gasteiger partial charge in [0.05, 0.1) is 11.3 Å². The molecule has 0 unspecified atom stereocenters. The highest BCUT2D eigenvalue weighted by atomic mass is 32.2.